The van der Waals surface area contributed by atoms with E-state index in [2.05, 4.69) is 9.92 Å². The highest BCUT2D eigenvalue weighted by Gasteiger charge is 2.13. The van der Waals surface area contributed by atoms with E-state index in [4.69, 9.17) is 4.55 Å². The standard InChI is InChI=1S/C4H7NO6S.H2S/c5-3(6)1-2-4(7)11-12(8,9)10;/h1-2H2,(H2,5,6)(H,8,9,10);1H2. The Bertz CT molecular complexity index is 283. The van der Waals surface area contributed by atoms with Crippen molar-refractivity contribution in [3.05, 3.63) is 0 Å². The Morgan fingerprint density at radius 2 is 1.77 bits per heavy atom. The minimum atomic E-state index is -4.77. The minimum Gasteiger partial charge on any atom is -0.370 e. The lowest BCUT2D eigenvalue weighted by atomic mass is 10.3. The molecule has 78 valence electrons. The first-order valence-electron chi connectivity index (χ1n) is 2.79. The van der Waals surface area contributed by atoms with Crippen LogP contribution in [0, 0.1) is 0 Å². The van der Waals surface area contributed by atoms with Gasteiger partial charge < -0.3 is 9.92 Å². The molecule has 0 unspecified atom stereocenters. The number of carbonyl (C=O) groups excluding carboxylic acids is 2. The van der Waals surface area contributed by atoms with Crippen LogP contribution in [-0.4, -0.2) is 24.8 Å². The van der Waals surface area contributed by atoms with Crippen molar-refractivity contribution in [2.75, 3.05) is 0 Å². The summed E-state index contributed by atoms with van der Waals surface area (Å²) >= 11 is 0. The zero-order valence-corrected chi connectivity index (χ0v) is 8.20. The number of carbonyl (C=O) groups is 2. The summed E-state index contributed by atoms with van der Waals surface area (Å²) < 4.78 is 31.2. The van der Waals surface area contributed by atoms with Crippen LogP contribution in [0.15, 0.2) is 0 Å². The summed E-state index contributed by atoms with van der Waals surface area (Å²) in [6.45, 7) is 0. The lowest BCUT2D eigenvalue weighted by Crippen LogP contribution is -2.16. The molecule has 0 aromatic carbocycles. The van der Waals surface area contributed by atoms with Gasteiger partial charge in [-0.25, -0.2) is 0 Å². The van der Waals surface area contributed by atoms with Crippen LogP contribution in [0.2, 0.25) is 0 Å². The third kappa shape index (κ3) is 11.2. The second kappa shape index (κ2) is 5.78. The molecule has 0 aromatic rings. The van der Waals surface area contributed by atoms with Crippen molar-refractivity contribution in [2.45, 2.75) is 12.8 Å². The first-order valence-corrected chi connectivity index (χ1v) is 4.16. The van der Waals surface area contributed by atoms with Gasteiger partial charge in [0.2, 0.25) is 5.91 Å². The largest absolute Gasteiger partial charge is 0.448 e. The van der Waals surface area contributed by atoms with Gasteiger partial charge in [0, 0.05) is 6.42 Å². The third-order valence-corrected chi connectivity index (χ3v) is 1.17. The predicted molar refractivity (Wildman–Crippen MR) is 46.5 cm³/mol. The number of nitrogens with two attached hydrogens (primary N) is 1. The SMILES string of the molecule is NC(=O)CCC(=O)OS(=O)(=O)O.S. The van der Waals surface area contributed by atoms with Crippen molar-refractivity contribution in [3.63, 3.8) is 0 Å². The molecule has 0 fully saturated rings. The van der Waals surface area contributed by atoms with E-state index in [1.165, 1.54) is 0 Å². The monoisotopic (exact) mass is 231 g/mol. The lowest BCUT2D eigenvalue weighted by Gasteiger charge is -1.97. The number of hydrogen-bond acceptors (Lipinski definition) is 5. The number of rotatable bonds is 4. The first kappa shape index (κ1) is 14.7. The molecule has 1 amide bonds. The van der Waals surface area contributed by atoms with Crippen LogP contribution in [0.25, 0.3) is 0 Å². The smallest absolute Gasteiger partial charge is 0.370 e. The van der Waals surface area contributed by atoms with E-state index in [-0.39, 0.29) is 19.9 Å². The molecule has 9 heteroatoms. The molecular formula is C4H9NO6S2. The molecule has 0 aliphatic rings. The van der Waals surface area contributed by atoms with Crippen LogP contribution >= 0.6 is 13.5 Å². The van der Waals surface area contributed by atoms with E-state index < -0.39 is 28.7 Å². The summed E-state index contributed by atoms with van der Waals surface area (Å²) in [5.41, 5.74) is 4.65. The highest BCUT2D eigenvalue weighted by Crippen LogP contribution is 1.95. The van der Waals surface area contributed by atoms with Gasteiger partial charge in [0.25, 0.3) is 0 Å². The second-order valence-corrected chi connectivity index (χ2v) is 2.87. The Morgan fingerprint density at radius 3 is 2.08 bits per heavy atom. The molecule has 0 atom stereocenters. The molecule has 0 rings (SSSR count). The van der Waals surface area contributed by atoms with Crippen molar-refractivity contribution < 1.29 is 26.7 Å². The zero-order valence-electron chi connectivity index (χ0n) is 6.39. The fraction of sp³-hybridized carbons (Fsp3) is 0.500. The molecule has 0 saturated carbocycles. The van der Waals surface area contributed by atoms with Gasteiger partial charge in [-0.2, -0.15) is 21.9 Å². The summed E-state index contributed by atoms with van der Waals surface area (Å²) in [5, 5.41) is 0. The molecular weight excluding hydrogens is 222 g/mol. The van der Waals surface area contributed by atoms with Gasteiger partial charge in [-0.05, 0) is 0 Å². The quantitative estimate of drug-likeness (QED) is 0.580. The predicted octanol–water partition coefficient (Wildman–Crippen LogP) is -1.29. The van der Waals surface area contributed by atoms with Gasteiger partial charge >= 0.3 is 16.4 Å². The van der Waals surface area contributed by atoms with Crippen molar-refractivity contribution in [3.8, 4) is 0 Å². The zero-order chi connectivity index (χ0) is 9.78. The Kier molecular flexibility index (Phi) is 6.54. The Labute approximate surface area is 81.6 Å². The Balaban J connectivity index is 0. The van der Waals surface area contributed by atoms with Crippen molar-refractivity contribution in [1.82, 2.24) is 0 Å². The average molecular weight is 231 g/mol. The fourth-order valence-corrected chi connectivity index (χ4v) is 0.703. The summed E-state index contributed by atoms with van der Waals surface area (Å²) in [7, 11) is -4.77. The molecule has 0 radical (unpaired) electrons. The summed E-state index contributed by atoms with van der Waals surface area (Å²) in [5.74, 6) is -1.99. The molecule has 0 heterocycles. The van der Waals surface area contributed by atoms with E-state index in [1.54, 1.807) is 0 Å². The molecule has 0 aliphatic heterocycles. The van der Waals surface area contributed by atoms with Gasteiger partial charge in [0.15, 0.2) is 0 Å². The molecule has 3 N–H and O–H groups in total. The summed E-state index contributed by atoms with van der Waals surface area (Å²) in [4.78, 5) is 20.5. The van der Waals surface area contributed by atoms with E-state index in [0.717, 1.165) is 0 Å². The maximum atomic E-state index is 10.4. The van der Waals surface area contributed by atoms with Crippen LogP contribution in [0.1, 0.15) is 12.8 Å². The summed E-state index contributed by atoms with van der Waals surface area (Å²) in [6, 6.07) is 0. The van der Waals surface area contributed by atoms with Gasteiger partial charge in [0.05, 0.1) is 6.42 Å². The van der Waals surface area contributed by atoms with E-state index in [0.29, 0.717) is 0 Å². The average Bonchev–Trinajstić information content (AvgIpc) is 1.79. The van der Waals surface area contributed by atoms with Crippen LogP contribution in [0.5, 0.6) is 0 Å². The highest BCUT2D eigenvalue weighted by atomic mass is 32.3. The molecule has 0 saturated heterocycles. The van der Waals surface area contributed by atoms with Crippen LogP contribution in [-0.2, 0) is 24.2 Å². The van der Waals surface area contributed by atoms with E-state index in [1.807, 2.05) is 0 Å². The minimum absolute atomic E-state index is 0. The maximum Gasteiger partial charge on any atom is 0.448 e. The van der Waals surface area contributed by atoms with Crippen LogP contribution < -0.4 is 5.73 Å². The number of primary amides is 1. The summed E-state index contributed by atoms with van der Waals surface area (Å²) in [6.07, 6.45) is -0.802. The first-order chi connectivity index (χ1) is 5.31. The molecule has 0 bridgehead atoms. The Hall–Kier alpha value is -0.800. The van der Waals surface area contributed by atoms with Crippen molar-refractivity contribution >= 4 is 35.8 Å². The van der Waals surface area contributed by atoms with Gasteiger partial charge in [-0.15, -0.1) is 0 Å². The molecule has 0 aromatic heterocycles. The van der Waals surface area contributed by atoms with Gasteiger partial charge in [-0.1, -0.05) is 0 Å². The van der Waals surface area contributed by atoms with E-state index in [9.17, 15) is 18.0 Å². The Morgan fingerprint density at radius 1 is 1.31 bits per heavy atom. The third-order valence-electron chi connectivity index (χ3n) is 0.774. The molecule has 0 spiro atoms. The van der Waals surface area contributed by atoms with E-state index >= 15 is 0 Å². The van der Waals surface area contributed by atoms with Gasteiger partial charge in [0.1, 0.15) is 0 Å². The number of hydrogen-bond donors (Lipinski definition) is 2. The highest BCUT2D eigenvalue weighted by molar-refractivity contribution is 7.81. The molecule has 13 heavy (non-hydrogen) atoms. The molecule has 7 nitrogen and oxygen atoms in total. The lowest BCUT2D eigenvalue weighted by molar-refractivity contribution is -0.136. The fourth-order valence-electron chi connectivity index (χ4n) is 0.384. The molecule has 0 aliphatic carbocycles. The maximum absolute atomic E-state index is 10.4. The second-order valence-electron chi connectivity index (χ2n) is 1.85. The van der Waals surface area contributed by atoms with Crippen LogP contribution in [0.4, 0.5) is 0 Å². The van der Waals surface area contributed by atoms with Crippen molar-refractivity contribution in [2.24, 2.45) is 5.73 Å². The van der Waals surface area contributed by atoms with Crippen molar-refractivity contribution in [1.29, 1.82) is 0 Å². The van der Waals surface area contributed by atoms with Gasteiger partial charge in [-0.3, -0.25) is 14.1 Å². The number of amides is 1. The topological polar surface area (TPSA) is 124 Å². The van der Waals surface area contributed by atoms with Crippen LogP contribution in [0.3, 0.4) is 0 Å². The normalized spacial score (nSPS) is 9.92.